The first-order valence-electron chi connectivity index (χ1n) is 4.12. The Labute approximate surface area is 77.4 Å². The summed E-state index contributed by atoms with van der Waals surface area (Å²) in [6.45, 7) is -0.0613. The molecular weight excluding hydrogens is 163 g/mol. The van der Waals surface area contributed by atoms with E-state index in [-0.39, 0.29) is 6.61 Å². The number of hydrogen-bond donors (Lipinski definition) is 1. The predicted octanol–water partition coefficient (Wildman–Crippen LogP) is 0.495. The Morgan fingerprint density at radius 1 is 1.46 bits per heavy atom. The van der Waals surface area contributed by atoms with E-state index in [2.05, 4.69) is 4.98 Å². The van der Waals surface area contributed by atoms with E-state index in [4.69, 9.17) is 13.0 Å². The van der Waals surface area contributed by atoms with Crippen molar-refractivity contribution in [1.29, 1.82) is 0 Å². The first-order chi connectivity index (χ1) is 6.36. The van der Waals surface area contributed by atoms with E-state index in [1.165, 1.54) is 0 Å². The molecule has 0 atom stereocenters. The summed E-state index contributed by atoms with van der Waals surface area (Å²) in [6, 6.07) is 5.71. The quantitative estimate of drug-likeness (QED) is 0.669. The average molecular weight is 172 g/mol. The van der Waals surface area contributed by atoms with Gasteiger partial charge in [0.15, 0.2) is 0 Å². The molecule has 0 aliphatic heterocycles. The minimum absolute atomic E-state index is 0.0613. The van der Waals surface area contributed by atoms with Crippen LogP contribution in [0.25, 0.3) is 5.65 Å². The Balaban J connectivity index is 2.73. The van der Waals surface area contributed by atoms with Gasteiger partial charge in [0.25, 0.3) is 0 Å². The van der Waals surface area contributed by atoms with Gasteiger partial charge < -0.3 is 9.51 Å². The molecule has 0 saturated heterocycles. The minimum atomic E-state index is -0.0613. The van der Waals surface area contributed by atoms with Crippen LogP contribution in [-0.2, 0) is 12.9 Å². The van der Waals surface area contributed by atoms with Crippen LogP contribution in [-0.4, -0.2) is 22.3 Å². The lowest BCUT2D eigenvalue weighted by molar-refractivity contribution is 0.276. The van der Waals surface area contributed by atoms with Crippen molar-refractivity contribution in [2.75, 3.05) is 0 Å². The van der Waals surface area contributed by atoms with Crippen LogP contribution in [0.5, 0.6) is 0 Å². The third-order valence-electron chi connectivity index (χ3n) is 2.05. The fourth-order valence-corrected chi connectivity index (χ4v) is 1.44. The van der Waals surface area contributed by atoms with Crippen LogP contribution in [0, 0.1) is 0 Å². The normalized spacial score (nSPS) is 10.8. The number of imidazole rings is 1. The zero-order chi connectivity index (χ0) is 9.26. The SMILES string of the molecule is [B]Cc1c(CO)nc2ccccn12. The van der Waals surface area contributed by atoms with Crippen molar-refractivity contribution in [2.45, 2.75) is 12.9 Å². The molecule has 0 unspecified atom stereocenters. The van der Waals surface area contributed by atoms with Crippen LogP contribution in [0.3, 0.4) is 0 Å². The van der Waals surface area contributed by atoms with Crippen LogP contribution in [0.2, 0.25) is 0 Å². The monoisotopic (exact) mass is 172 g/mol. The Morgan fingerprint density at radius 2 is 2.31 bits per heavy atom. The molecule has 2 heterocycles. The van der Waals surface area contributed by atoms with Crippen LogP contribution < -0.4 is 0 Å². The zero-order valence-electron chi connectivity index (χ0n) is 7.14. The third kappa shape index (κ3) is 1.23. The Kier molecular flexibility index (Phi) is 2.06. The topological polar surface area (TPSA) is 37.5 Å². The van der Waals surface area contributed by atoms with Crippen LogP contribution >= 0.6 is 0 Å². The summed E-state index contributed by atoms with van der Waals surface area (Å²) in [5.41, 5.74) is 2.36. The lowest BCUT2D eigenvalue weighted by Crippen LogP contribution is -1.96. The van der Waals surface area contributed by atoms with Crippen molar-refractivity contribution >= 4 is 13.5 Å². The molecule has 13 heavy (non-hydrogen) atoms. The summed E-state index contributed by atoms with van der Waals surface area (Å²) in [6.07, 6.45) is 2.28. The molecule has 2 aromatic rings. The second-order valence-electron chi connectivity index (χ2n) is 2.80. The predicted molar refractivity (Wildman–Crippen MR) is 50.6 cm³/mol. The van der Waals surface area contributed by atoms with E-state index < -0.39 is 0 Å². The van der Waals surface area contributed by atoms with Gasteiger partial charge in [-0.1, -0.05) is 6.07 Å². The molecule has 64 valence electrons. The van der Waals surface area contributed by atoms with Crippen molar-refractivity contribution in [3.63, 3.8) is 0 Å². The second-order valence-corrected chi connectivity index (χ2v) is 2.80. The Hall–Kier alpha value is -1.29. The van der Waals surface area contributed by atoms with Crippen LogP contribution in [0.1, 0.15) is 11.4 Å². The fraction of sp³-hybridized carbons (Fsp3) is 0.222. The number of rotatable bonds is 2. The highest BCUT2D eigenvalue weighted by Gasteiger charge is 2.07. The Bertz CT molecular complexity index is 424. The smallest absolute Gasteiger partial charge is 0.137 e. The van der Waals surface area contributed by atoms with Crippen molar-refractivity contribution in [2.24, 2.45) is 0 Å². The van der Waals surface area contributed by atoms with E-state index in [1.807, 2.05) is 28.8 Å². The summed E-state index contributed by atoms with van der Waals surface area (Å²) >= 11 is 0. The summed E-state index contributed by atoms with van der Waals surface area (Å²) in [5.74, 6) is 0. The molecule has 0 aliphatic carbocycles. The summed E-state index contributed by atoms with van der Waals surface area (Å²) in [7, 11) is 5.56. The second kappa shape index (κ2) is 3.22. The molecule has 0 saturated carbocycles. The van der Waals surface area contributed by atoms with Gasteiger partial charge in [0.1, 0.15) is 5.65 Å². The first kappa shape index (κ1) is 8.32. The molecule has 2 radical (unpaired) electrons. The summed E-state index contributed by atoms with van der Waals surface area (Å²) in [4.78, 5) is 4.23. The maximum absolute atomic E-state index is 9.02. The largest absolute Gasteiger partial charge is 0.390 e. The van der Waals surface area contributed by atoms with Crippen molar-refractivity contribution in [3.05, 3.63) is 35.8 Å². The van der Waals surface area contributed by atoms with Gasteiger partial charge in [0.05, 0.1) is 20.1 Å². The molecule has 2 rings (SSSR count). The van der Waals surface area contributed by atoms with E-state index >= 15 is 0 Å². The molecule has 2 aromatic heterocycles. The fourth-order valence-electron chi connectivity index (χ4n) is 1.44. The molecule has 0 spiro atoms. The highest BCUT2D eigenvalue weighted by Crippen LogP contribution is 2.11. The van der Waals surface area contributed by atoms with E-state index in [1.54, 1.807) is 0 Å². The molecule has 0 bridgehead atoms. The summed E-state index contributed by atoms with van der Waals surface area (Å²) < 4.78 is 1.89. The first-order valence-corrected chi connectivity index (χ1v) is 4.12. The van der Waals surface area contributed by atoms with Crippen molar-refractivity contribution in [1.82, 2.24) is 9.38 Å². The number of aliphatic hydroxyl groups is 1. The molecule has 0 aliphatic rings. The van der Waals surface area contributed by atoms with Crippen LogP contribution in [0.4, 0.5) is 0 Å². The average Bonchev–Trinajstić information content (AvgIpc) is 2.55. The molecule has 0 amide bonds. The van der Waals surface area contributed by atoms with Crippen LogP contribution in [0.15, 0.2) is 24.4 Å². The standard InChI is InChI=1S/C9H9BN2O/c10-5-8-7(6-13)11-9-3-1-2-4-12(8)9/h1-4,13H,5-6H2. The maximum atomic E-state index is 9.02. The molecule has 1 N–H and O–H groups in total. The number of hydrogen-bond acceptors (Lipinski definition) is 2. The van der Waals surface area contributed by atoms with Crippen molar-refractivity contribution in [3.8, 4) is 0 Å². The highest BCUT2D eigenvalue weighted by molar-refractivity contribution is 6.08. The van der Waals surface area contributed by atoms with Gasteiger partial charge in [-0.3, -0.25) is 0 Å². The molecule has 0 aromatic carbocycles. The van der Waals surface area contributed by atoms with Gasteiger partial charge in [0.2, 0.25) is 0 Å². The van der Waals surface area contributed by atoms with Gasteiger partial charge in [-0.25, -0.2) is 4.98 Å². The van der Waals surface area contributed by atoms with Gasteiger partial charge in [-0.05, 0) is 18.5 Å². The minimum Gasteiger partial charge on any atom is -0.390 e. The molecule has 0 fully saturated rings. The van der Waals surface area contributed by atoms with E-state index in [9.17, 15) is 0 Å². The van der Waals surface area contributed by atoms with Gasteiger partial charge >= 0.3 is 0 Å². The zero-order valence-corrected chi connectivity index (χ0v) is 7.14. The maximum Gasteiger partial charge on any atom is 0.137 e. The number of aromatic nitrogens is 2. The highest BCUT2D eigenvalue weighted by atomic mass is 16.3. The number of aliphatic hydroxyl groups excluding tert-OH is 1. The third-order valence-corrected chi connectivity index (χ3v) is 2.05. The lowest BCUT2D eigenvalue weighted by atomic mass is 10.0. The van der Waals surface area contributed by atoms with Crippen molar-refractivity contribution < 1.29 is 5.11 Å². The Morgan fingerprint density at radius 3 is 3.00 bits per heavy atom. The number of fused-ring (bicyclic) bond motifs is 1. The molecule has 4 heteroatoms. The van der Waals surface area contributed by atoms with E-state index in [0.29, 0.717) is 12.0 Å². The van der Waals surface area contributed by atoms with Gasteiger partial charge in [-0.2, -0.15) is 0 Å². The lowest BCUT2D eigenvalue weighted by Gasteiger charge is -1.98. The number of nitrogens with zero attached hydrogens (tertiary/aromatic N) is 2. The van der Waals surface area contributed by atoms with Gasteiger partial charge in [0, 0.05) is 11.9 Å². The summed E-state index contributed by atoms with van der Waals surface area (Å²) in [5, 5.41) is 9.02. The van der Waals surface area contributed by atoms with Gasteiger partial charge in [-0.15, -0.1) is 0 Å². The number of pyridine rings is 1. The molecular formula is C9H9BN2O. The van der Waals surface area contributed by atoms with E-state index in [0.717, 1.165) is 11.3 Å². The molecule has 3 nitrogen and oxygen atoms in total.